The molecule has 0 heterocycles. The van der Waals surface area contributed by atoms with Gasteiger partial charge in [-0.3, -0.25) is 0 Å². The maximum atomic E-state index is 11.3. The third-order valence-corrected chi connectivity index (χ3v) is 3.26. The number of nitriles is 1. The van der Waals surface area contributed by atoms with Gasteiger partial charge in [0, 0.05) is 0 Å². The molecule has 0 aliphatic heterocycles. The zero-order valence-electron chi connectivity index (χ0n) is 11.9. The van der Waals surface area contributed by atoms with Crippen molar-refractivity contribution in [2.45, 2.75) is 12.5 Å². The summed E-state index contributed by atoms with van der Waals surface area (Å²) in [6.45, 7) is 2.26. The first-order valence-corrected chi connectivity index (χ1v) is 6.79. The van der Waals surface area contributed by atoms with Gasteiger partial charge in [-0.25, -0.2) is 0 Å². The molecule has 0 atom stereocenters. The Kier molecular flexibility index (Phi) is 4.76. The van der Waals surface area contributed by atoms with Crippen molar-refractivity contribution in [3.05, 3.63) is 83.6 Å². The lowest BCUT2D eigenvalue weighted by atomic mass is 9.81. The first-order chi connectivity index (χ1) is 10.2. The molecular weight excluding hydrogens is 262 g/mol. The smallest absolute Gasteiger partial charge is 0.153 e. The van der Waals surface area contributed by atoms with Crippen molar-refractivity contribution < 1.29 is 9.84 Å². The second kappa shape index (κ2) is 6.74. The Bertz CT molecular complexity index is 602. The van der Waals surface area contributed by atoms with E-state index >= 15 is 0 Å². The summed E-state index contributed by atoms with van der Waals surface area (Å²) in [6.07, 6.45) is 1.33. The normalized spacial score (nSPS) is 11.8. The zero-order chi connectivity index (χ0) is 15.1. The van der Waals surface area contributed by atoms with E-state index < -0.39 is 5.60 Å². The highest BCUT2D eigenvalue weighted by molar-refractivity contribution is 5.49. The molecule has 0 saturated carbocycles. The second-order valence-corrected chi connectivity index (χ2v) is 4.54. The number of hydrogen-bond acceptors (Lipinski definition) is 3. The molecule has 106 valence electrons. The van der Waals surface area contributed by atoms with Crippen LogP contribution in [0, 0.1) is 11.3 Å². The van der Waals surface area contributed by atoms with Crippen molar-refractivity contribution in [3.63, 3.8) is 0 Å². The fourth-order valence-corrected chi connectivity index (χ4v) is 2.20. The van der Waals surface area contributed by atoms with Crippen molar-refractivity contribution in [2.75, 3.05) is 6.61 Å². The zero-order valence-corrected chi connectivity index (χ0v) is 11.9. The van der Waals surface area contributed by atoms with Crippen LogP contribution < -0.4 is 0 Å². The minimum absolute atomic E-state index is 0.154. The largest absolute Gasteiger partial charge is 0.500 e. The van der Waals surface area contributed by atoms with Gasteiger partial charge in [0.15, 0.2) is 5.60 Å². The molecule has 0 saturated heterocycles. The van der Waals surface area contributed by atoms with E-state index in [1.807, 2.05) is 43.3 Å². The molecule has 0 amide bonds. The number of hydrogen-bond donors (Lipinski definition) is 1. The van der Waals surface area contributed by atoms with E-state index in [-0.39, 0.29) is 5.57 Å². The minimum atomic E-state index is -1.52. The molecular formula is C18H17NO2. The number of ether oxygens (including phenoxy) is 1. The van der Waals surface area contributed by atoms with E-state index in [2.05, 4.69) is 6.07 Å². The van der Waals surface area contributed by atoms with E-state index in [1.54, 1.807) is 24.3 Å². The van der Waals surface area contributed by atoms with Crippen molar-refractivity contribution in [1.29, 1.82) is 5.26 Å². The van der Waals surface area contributed by atoms with Crippen LogP contribution in [0.2, 0.25) is 0 Å². The van der Waals surface area contributed by atoms with Crippen molar-refractivity contribution in [1.82, 2.24) is 0 Å². The maximum Gasteiger partial charge on any atom is 0.153 e. The molecule has 0 bridgehead atoms. The fourth-order valence-electron chi connectivity index (χ4n) is 2.20. The Morgan fingerprint density at radius 1 is 1.10 bits per heavy atom. The first-order valence-electron chi connectivity index (χ1n) is 6.79. The molecule has 2 aromatic rings. The van der Waals surface area contributed by atoms with Gasteiger partial charge in [0.1, 0.15) is 17.9 Å². The Hall–Kier alpha value is -2.57. The van der Waals surface area contributed by atoms with Gasteiger partial charge in [0.2, 0.25) is 0 Å². The molecule has 21 heavy (non-hydrogen) atoms. The Labute approximate surface area is 124 Å². The predicted octanol–water partition coefficient (Wildman–Crippen LogP) is 3.37. The Morgan fingerprint density at radius 2 is 1.57 bits per heavy atom. The molecule has 0 unspecified atom stereocenters. The summed E-state index contributed by atoms with van der Waals surface area (Å²) in [6, 6.07) is 20.3. The molecule has 3 nitrogen and oxygen atoms in total. The average molecular weight is 279 g/mol. The second-order valence-electron chi connectivity index (χ2n) is 4.54. The number of nitrogens with zero attached hydrogens (tertiary/aromatic N) is 1. The van der Waals surface area contributed by atoms with Crippen LogP contribution in [-0.4, -0.2) is 11.7 Å². The Morgan fingerprint density at radius 3 is 1.95 bits per heavy atom. The van der Waals surface area contributed by atoms with E-state index in [4.69, 9.17) is 4.74 Å². The molecule has 1 N–H and O–H groups in total. The van der Waals surface area contributed by atoms with Crippen molar-refractivity contribution >= 4 is 0 Å². The standard InChI is InChI=1S/C18H17NO2/c1-2-21-14-17(13-19)18(20,15-9-5-3-6-10-15)16-11-7-4-8-12-16/h3-12,14,20H,2H2,1H3. The molecule has 0 aromatic heterocycles. The lowest BCUT2D eigenvalue weighted by Crippen LogP contribution is -2.29. The monoisotopic (exact) mass is 279 g/mol. The lowest BCUT2D eigenvalue weighted by molar-refractivity contribution is 0.119. The van der Waals surface area contributed by atoms with Gasteiger partial charge in [0.05, 0.1) is 6.61 Å². The van der Waals surface area contributed by atoms with Gasteiger partial charge >= 0.3 is 0 Å². The van der Waals surface area contributed by atoms with Crippen LogP contribution in [0.5, 0.6) is 0 Å². The van der Waals surface area contributed by atoms with Crippen LogP contribution in [0.4, 0.5) is 0 Å². The van der Waals surface area contributed by atoms with Crippen molar-refractivity contribution in [2.24, 2.45) is 0 Å². The van der Waals surface area contributed by atoms with Gasteiger partial charge in [-0.1, -0.05) is 60.7 Å². The maximum absolute atomic E-state index is 11.3. The SMILES string of the molecule is CCOC=C(C#N)C(O)(c1ccccc1)c1ccccc1. The fraction of sp³-hybridized carbons (Fsp3) is 0.167. The minimum Gasteiger partial charge on any atom is -0.500 e. The summed E-state index contributed by atoms with van der Waals surface area (Å²) in [5.74, 6) is 0. The molecule has 0 aliphatic rings. The highest BCUT2D eigenvalue weighted by atomic mass is 16.5. The number of rotatable bonds is 5. The van der Waals surface area contributed by atoms with Crippen LogP contribution in [0.15, 0.2) is 72.5 Å². The summed E-state index contributed by atoms with van der Waals surface area (Å²) >= 11 is 0. The molecule has 2 aromatic carbocycles. The topological polar surface area (TPSA) is 53.2 Å². The summed E-state index contributed by atoms with van der Waals surface area (Å²) < 4.78 is 5.23. The average Bonchev–Trinajstić information content (AvgIpc) is 2.57. The quantitative estimate of drug-likeness (QED) is 0.674. The van der Waals surface area contributed by atoms with E-state index in [9.17, 15) is 10.4 Å². The summed E-state index contributed by atoms with van der Waals surface area (Å²) in [4.78, 5) is 0. The lowest BCUT2D eigenvalue weighted by Gasteiger charge is -2.28. The van der Waals surface area contributed by atoms with Gasteiger partial charge in [-0.05, 0) is 18.1 Å². The molecule has 2 rings (SSSR count). The summed E-state index contributed by atoms with van der Waals surface area (Å²) in [7, 11) is 0. The van der Waals surface area contributed by atoms with E-state index in [0.717, 1.165) is 0 Å². The third-order valence-electron chi connectivity index (χ3n) is 3.26. The van der Waals surface area contributed by atoms with Crippen LogP contribution in [0.25, 0.3) is 0 Å². The summed E-state index contributed by atoms with van der Waals surface area (Å²) in [5, 5.41) is 20.7. The van der Waals surface area contributed by atoms with E-state index in [0.29, 0.717) is 17.7 Å². The van der Waals surface area contributed by atoms with E-state index in [1.165, 1.54) is 6.26 Å². The van der Waals surface area contributed by atoms with Gasteiger partial charge in [-0.15, -0.1) is 0 Å². The first kappa shape index (κ1) is 14.8. The molecule has 0 spiro atoms. The van der Waals surface area contributed by atoms with Gasteiger partial charge in [0.25, 0.3) is 0 Å². The van der Waals surface area contributed by atoms with Crippen molar-refractivity contribution in [3.8, 4) is 6.07 Å². The number of benzene rings is 2. The third kappa shape index (κ3) is 2.96. The van der Waals surface area contributed by atoms with Gasteiger partial charge < -0.3 is 9.84 Å². The molecule has 0 aliphatic carbocycles. The van der Waals surface area contributed by atoms with Gasteiger partial charge in [-0.2, -0.15) is 5.26 Å². The van der Waals surface area contributed by atoms with Crippen LogP contribution in [0.1, 0.15) is 18.1 Å². The number of aliphatic hydroxyl groups is 1. The highest BCUT2D eigenvalue weighted by Gasteiger charge is 2.36. The van der Waals surface area contributed by atoms with Crippen LogP contribution in [0.3, 0.4) is 0 Å². The Balaban J connectivity index is 2.63. The van der Waals surface area contributed by atoms with Crippen LogP contribution in [-0.2, 0) is 10.3 Å². The molecule has 3 heteroatoms. The summed E-state index contributed by atoms with van der Waals surface area (Å²) in [5.41, 5.74) is -0.110. The predicted molar refractivity (Wildman–Crippen MR) is 81.2 cm³/mol. The highest BCUT2D eigenvalue weighted by Crippen LogP contribution is 2.36. The molecule has 0 fully saturated rings. The molecule has 0 radical (unpaired) electrons. The van der Waals surface area contributed by atoms with Crippen LogP contribution >= 0.6 is 0 Å².